The van der Waals surface area contributed by atoms with Gasteiger partial charge in [0.15, 0.2) is 0 Å². The van der Waals surface area contributed by atoms with Gasteiger partial charge in [0.2, 0.25) is 11.7 Å². The molecular weight excluding hydrogens is 266 g/mol. The Morgan fingerprint density at radius 3 is 2.81 bits per heavy atom. The van der Waals surface area contributed by atoms with Crippen LogP contribution in [0, 0.1) is 6.92 Å². The molecule has 0 aliphatic carbocycles. The molecule has 114 valence electrons. The highest BCUT2D eigenvalue weighted by atomic mass is 16.5. The first-order valence-electron chi connectivity index (χ1n) is 7.32. The van der Waals surface area contributed by atoms with Crippen LogP contribution in [0.25, 0.3) is 11.4 Å². The Bertz CT molecular complexity index is 581. The number of hydrogen-bond donors (Lipinski definition) is 1. The average molecular weight is 289 g/mol. The van der Waals surface area contributed by atoms with Crippen LogP contribution in [-0.4, -0.2) is 30.3 Å². The van der Waals surface area contributed by atoms with Gasteiger partial charge in [-0.15, -0.1) is 0 Å². The highest BCUT2D eigenvalue weighted by Crippen LogP contribution is 2.24. The number of hydrogen-bond acceptors (Lipinski definition) is 5. The minimum absolute atomic E-state index is 0.376. The van der Waals surface area contributed by atoms with E-state index in [1.54, 1.807) is 7.11 Å². The lowest BCUT2D eigenvalue weighted by Gasteiger charge is -2.11. The van der Waals surface area contributed by atoms with E-state index in [2.05, 4.69) is 22.4 Å². The molecule has 5 heteroatoms. The molecule has 2 aromatic rings. The first kappa shape index (κ1) is 15.5. The van der Waals surface area contributed by atoms with E-state index in [1.165, 1.54) is 0 Å². The van der Waals surface area contributed by atoms with Crippen molar-refractivity contribution < 1.29 is 9.26 Å². The molecule has 1 aromatic heterocycles. The molecule has 1 N–H and O–H groups in total. The maximum Gasteiger partial charge on any atom is 0.228 e. The Labute approximate surface area is 125 Å². The van der Waals surface area contributed by atoms with Crippen molar-refractivity contribution >= 4 is 0 Å². The van der Waals surface area contributed by atoms with Gasteiger partial charge in [0, 0.05) is 18.0 Å². The molecular formula is C16H23N3O2. The summed E-state index contributed by atoms with van der Waals surface area (Å²) in [5.74, 6) is 2.16. The molecule has 0 fully saturated rings. The van der Waals surface area contributed by atoms with Crippen LogP contribution in [0.4, 0.5) is 0 Å². The van der Waals surface area contributed by atoms with Crippen LogP contribution in [0.1, 0.15) is 31.2 Å². The summed E-state index contributed by atoms with van der Waals surface area (Å²) in [4.78, 5) is 4.49. The largest absolute Gasteiger partial charge is 0.496 e. The first-order valence-corrected chi connectivity index (χ1v) is 7.32. The van der Waals surface area contributed by atoms with E-state index in [4.69, 9.17) is 9.26 Å². The number of nitrogens with zero attached hydrogens (tertiary/aromatic N) is 2. The van der Waals surface area contributed by atoms with Crippen molar-refractivity contribution in [3.05, 3.63) is 29.7 Å². The average Bonchev–Trinajstić information content (AvgIpc) is 2.95. The highest BCUT2D eigenvalue weighted by Gasteiger charge is 2.14. The normalized spacial score (nSPS) is 12.4. The quantitative estimate of drug-likeness (QED) is 0.849. The Morgan fingerprint density at radius 1 is 1.38 bits per heavy atom. The number of methoxy groups -OCH3 is 1. The molecule has 21 heavy (non-hydrogen) atoms. The molecule has 0 spiro atoms. The molecule has 0 bridgehead atoms. The van der Waals surface area contributed by atoms with Gasteiger partial charge in [-0.1, -0.05) is 18.5 Å². The maximum atomic E-state index is 5.36. The van der Waals surface area contributed by atoms with Gasteiger partial charge in [0.1, 0.15) is 5.75 Å². The van der Waals surface area contributed by atoms with Crippen molar-refractivity contribution in [1.29, 1.82) is 0 Å². The van der Waals surface area contributed by atoms with E-state index >= 15 is 0 Å². The molecule has 0 aliphatic rings. The Hall–Kier alpha value is -1.88. The number of ether oxygens (including phenoxy) is 1. The van der Waals surface area contributed by atoms with Gasteiger partial charge in [-0.2, -0.15) is 4.98 Å². The van der Waals surface area contributed by atoms with Crippen LogP contribution in [0.2, 0.25) is 0 Å². The summed E-state index contributed by atoms with van der Waals surface area (Å²) < 4.78 is 10.6. The van der Waals surface area contributed by atoms with Crippen LogP contribution >= 0.6 is 0 Å². The van der Waals surface area contributed by atoms with Gasteiger partial charge in [-0.3, -0.25) is 0 Å². The van der Waals surface area contributed by atoms with Crippen molar-refractivity contribution in [2.75, 3.05) is 14.2 Å². The van der Waals surface area contributed by atoms with Gasteiger partial charge in [0.25, 0.3) is 0 Å². The fourth-order valence-electron chi connectivity index (χ4n) is 2.38. The predicted octanol–water partition coefficient (Wildman–Crippen LogP) is 2.98. The third-order valence-corrected chi connectivity index (χ3v) is 3.59. The SMILES string of the molecule is CCCC(Cc1nc(-c2ccc(OC)c(C)c2)no1)NC. The summed E-state index contributed by atoms with van der Waals surface area (Å²) >= 11 is 0. The minimum atomic E-state index is 0.376. The van der Waals surface area contributed by atoms with Crippen LogP contribution in [0.15, 0.2) is 22.7 Å². The topological polar surface area (TPSA) is 60.2 Å². The van der Waals surface area contributed by atoms with E-state index < -0.39 is 0 Å². The molecule has 0 amide bonds. The summed E-state index contributed by atoms with van der Waals surface area (Å²) in [5, 5.41) is 7.36. The summed E-state index contributed by atoms with van der Waals surface area (Å²) in [5.41, 5.74) is 2.00. The van der Waals surface area contributed by atoms with E-state index in [9.17, 15) is 0 Å². The van der Waals surface area contributed by atoms with Crippen molar-refractivity contribution in [3.8, 4) is 17.1 Å². The van der Waals surface area contributed by atoms with Crippen LogP contribution in [-0.2, 0) is 6.42 Å². The summed E-state index contributed by atoms with van der Waals surface area (Å²) in [6.45, 7) is 4.17. The van der Waals surface area contributed by atoms with Crippen LogP contribution in [0.3, 0.4) is 0 Å². The molecule has 1 aromatic carbocycles. The summed E-state index contributed by atoms with van der Waals surface area (Å²) in [7, 11) is 3.63. The van der Waals surface area contributed by atoms with Crippen molar-refractivity contribution in [2.45, 2.75) is 39.2 Å². The Balaban J connectivity index is 2.14. The summed E-state index contributed by atoms with van der Waals surface area (Å²) in [6.07, 6.45) is 2.98. The molecule has 0 saturated heterocycles. The molecule has 0 saturated carbocycles. The van der Waals surface area contributed by atoms with Gasteiger partial charge in [-0.25, -0.2) is 0 Å². The van der Waals surface area contributed by atoms with Crippen molar-refractivity contribution in [1.82, 2.24) is 15.5 Å². The van der Waals surface area contributed by atoms with Gasteiger partial charge in [-0.05, 0) is 44.2 Å². The van der Waals surface area contributed by atoms with Crippen LogP contribution in [0.5, 0.6) is 5.75 Å². The number of benzene rings is 1. The molecule has 1 heterocycles. The van der Waals surface area contributed by atoms with Crippen molar-refractivity contribution in [3.63, 3.8) is 0 Å². The zero-order chi connectivity index (χ0) is 15.2. The minimum Gasteiger partial charge on any atom is -0.496 e. The monoisotopic (exact) mass is 289 g/mol. The zero-order valence-electron chi connectivity index (χ0n) is 13.1. The number of rotatable bonds is 7. The predicted molar refractivity (Wildman–Crippen MR) is 82.5 cm³/mol. The second kappa shape index (κ2) is 7.22. The van der Waals surface area contributed by atoms with Crippen LogP contribution < -0.4 is 10.1 Å². The maximum absolute atomic E-state index is 5.36. The van der Waals surface area contributed by atoms with Gasteiger partial charge >= 0.3 is 0 Å². The number of aryl methyl sites for hydroxylation is 1. The van der Waals surface area contributed by atoms with Crippen molar-refractivity contribution in [2.24, 2.45) is 0 Å². The lowest BCUT2D eigenvalue weighted by Crippen LogP contribution is -2.27. The number of nitrogens with one attached hydrogen (secondary N) is 1. The third kappa shape index (κ3) is 3.82. The number of likely N-dealkylation sites (N-methyl/N-ethyl adjacent to an activating group) is 1. The molecule has 2 rings (SSSR count). The Kier molecular flexibility index (Phi) is 5.33. The molecule has 0 radical (unpaired) electrons. The molecule has 1 atom stereocenters. The van der Waals surface area contributed by atoms with E-state index in [-0.39, 0.29) is 0 Å². The van der Waals surface area contributed by atoms with Gasteiger partial charge in [0.05, 0.1) is 7.11 Å². The molecule has 0 aliphatic heterocycles. The number of aromatic nitrogens is 2. The fraction of sp³-hybridized carbons (Fsp3) is 0.500. The molecule has 5 nitrogen and oxygen atoms in total. The second-order valence-electron chi connectivity index (χ2n) is 5.17. The second-order valence-corrected chi connectivity index (χ2v) is 5.17. The molecule has 1 unspecified atom stereocenters. The lowest BCUT2D eigenvalue weighted by molar-refractivity contribution is 0.356. The Morgan fingerprint density at radius 2 is 2.19 bits per heavy atom. The fourth-order valence-corrected chi connectivity index (χ4v) is 2.38. The van der Waals surface area contributed by atoms with E-state index in [0.717, 1.165) is 36.1 Å². The highest BCUT2D eigenvalue weighted by molar-refractivity contribution is 5.58. The van der Waals surface area contributed by atoms with Gasteiger partial charge < -0.3 is 14.6 Å². The third-order valence-electron chi connectivity index (χ3n) is 3.59. The smallest absolute Gasteiger partial charge is 0.228 e. The van der Waals surface area contributed by atoms with E-state index in [0.29, 0.717) is 17.8 Å². The summed E-state index contributed by atoms with van der Waals surface area (Å²) in [6, 6.07) is 6.26. The lowest BCUT2D eigenvalue weighted by atomic mass is 10.1. The van der Waals surface area contributed by atoms with E-state index in [1.807, 2.05) is 32.2 Å². The first-order chi connectivity index (χ1) is 10.2. The zero-order valence-corrected chi connectivity index (χ0v) is 13.1. The standard InChI is InChI=1S/C16H23N3O2/c1-5-6-13(17-3)10-15-18-16(19-21-15)12-7-8-14(20-4)11(2)9-12/h7-9,13,17H,5-6,10H2,1-4H3.